The summed E-state index contributed by atoms with van der Waals surface area (Å²) >= 11 is 0. The molecule has 0 bridgehead atoms. The molecule has 2 aliphatic heterocycles. The maximum atomic E-state index is 14.0. The Morgan fingerprint density at radius 3 is 3.00 bits per heavy atom. The average Bonchev–Trinajstić information content (AvgIpc) is 3.45. The molecule has 2 saturated heterocycles. The molecule has 5 rings (SSSR count). The maximum Gasteiger partial charge on any atom is 0.253 e. The van der Waals surface area contributed by atoms with E-state index in [0.29, 0.717) is 38.2 Å². The number of benzene rings is 2. The van der Waals surface area contributed by atoms with Gasteiger partial charge in [-0.05, 0) is 42.7 Å². The predicted octanol–water partition coefficient (Wildman–Crippen LogP) is 3.91. The molecule has 166 valence electrons. The second kappa shape index (κ2) is 8.74. The number of para-hydroxylation sites is 1. The minimum atomic E-state index is -0.432. The summed E-state index contributed by atoms with van der Waals surface area (Å²) in [6.07, 6.45) is 7.57. The average molecular weight is 435 g/mol. The molecule has 6 nitrogen and oxygen atoms in total. The van der Waals surface area contributed by atoms with Crippen molar-refractivity contribution in [3.8, 4) is 5.75 Å². The third kappa shape index (κ3) is 4.39. The normalized spacial score (nSPS) is 22.9. The van der Waals surface area contributed by atoms with Gasteiger partial charge in [-0.1, -0.05) is 24.3 Å². The van der Waals surface area contributed by atoms with Crippen LogP contribution in [0.5, 0.6) is 5.75 Å². The Labute approximate surface area is 186 Å². The third-order valence-corrected chi connectivity index (χ3v) is 6.23. The second-order valence-corrected chi connectivity index (χ2v) is 8.63. The minimum Gasteiger partial charge on any atom is -0.485 e. The molecule has 3 aromatic rings. The standard InChI is InChI=1S/C25H26FN3O3/c26-22-7-1-2-8-23(22)32-21-14-25(31-16-21)9-4-11-29(17-25)24(30)20-6-3-5-19(13-20)15-28-12-10-27-18-28/h1-3,5-8,10,12-13,18,21H,4,9,11,14-17H2/t21-,25+/m1/s1. The number of hydrogen-bond acceptors (Lipinski definition) is 4. The summed E-state index contributed by atoms with van der Waals surface area (Å²) in [5, 5.41) is 0. The first-order chi connectivity index (χ1) is 15.6. The molecule has 0 N–H and O–H groups in total. The van der Waals surface area contributed by atoms with Crippen molar-refractivity contribution in [3.63, 3.8) is 0 Å². The number of imidazole rings is 1. The number of nitrogens with zero attached hydrogens (tertiary/aromatic N) is 3. The molecule has 2 aromatic carbocycles. The Balaban J connectivity index is 1.25. The molecule has 0 radical (unpaired) electrons. The zero-order valence-electron chi connectivity index (χ0n) is 17.8. The van der Waals surface area contributed by atoms with Crippen LogP contribution in [0.2, 0.25) is 0 Å². The lowest BCUT2D eigenvalue weighted by molar-refractivity contribution is -0.0453. The number of amides is 1. The zero-order valence-corrected chi connectivity index (χ0v) is 17.8. The number of carbonyl (C=O) groups is 1. The molecule has 3 heterocycles. The van der Waals surface area contributed by atoms with E-state index in [2.05, 4.69) is 4.98 Å². The van der Waals surface area contributed by atoms with Crippen molar-refractivity contribution < 1.29 is 18.7 Å². The van der Waals surface area contributed by atoms with E-state index in [1.54, 1.807) is 30.7 Å². The van der Waals surface area contributed by atoms with Gasteiger partial charge in [0.25, 0.3) is 5.91 Å². The fraction of sp³-hybridized carbons (Fsp3) is 0.360. The predicted molar refractivity (Wildman–Crippen MR) is 117 cm³/mol. The highest BCUT2D eigenvalue weighted by atomic mass is 19.1. The molecule has 1 amide bonds. The molecule has 32 heavy (non-hydrogen) atoms. The van der Waals surface area contributed by atoms with Crippen LogP contribution in [0.25, 0.3) is 0 Å². The van der Waals surface area contributed by atoms with Crippen molar-refractivity contribution in [2.24, 2.45) is 0 Å². The van der Waals surface area contributed by atoms with Crippen molar-refractivity contribution in [2.75, 3.05) is 19.7 Å². The molecule has 2 aliphatic rings. The van der Waals surface area contributed by atoms with E-state index in [9.17, 15) is 9.18 Å². The smallest absolute Gasteiger partial charge is 0.253 e. The van der Waals surface area contributed by atoms with Crippen LogP contribution in [0.15, 0.2) is 67.3 Å². The largest absolute Gasteiger partial charge is 0.485 e. The van der Waals surface area contributed by atoms with E-state index in [0.717, 1.165) is 18.4 Å². The van der Waals surface area contributed by atoms with Crippen molar-refractivity contribution in [2.45, 2.75) is 37.5 Å². The quantitative estimate of drug-likeness (QED) is 0.610. The molecule has 0 aliphatic carbocycles. The van der Waals surface area contributed by atoms with E-state index in [-0.39, 0.29) is 23.6 Å². The van der Waals surface area contributed by atoms with Gasteiger partial charge >= 0.3 is 0 Å². The summed E-state index contributed by atoms with van der Waals surface area (Å²) in [5.41, 5.74) is 1.30. The van der Waals surface area contributed by atoms with Crippen molar-refractivity contribution in [1.29, 1.82) is 0 Å². The van der Waals surface area contributed by atoms with Crippen LogP contribution in [-0.4, -0.2) is 51.8 Å². The number of aromatic nitrogens is 2. The van der Waals surface area contributed by atoms with Crippen molar-refractivity contribution in [3.05, 3.63) is 84.2 Å². The van der Waals surface area contributed by atoms with Crippen LogP contribution in [0.1, 0.15) is 35.2 Å². The minimum absolute atomic E-state index is 0.0126. The van der Waals surface area contributed by atoms with Gasteiger partial charge in [0.2, 0.25) is 0 Å². The van der Waals surface area contributed by atoms with Gasteiger partial charge in [-0.3, -0.25) is 4.79 Å². The van der Waals surface area contributed by atoms with E-state index < -0.39 is 5.60 Å². The fourth-order valence-electron chi connectivity index (χ4n) is 4.73. The summed E-state index contributed by atoms with van der Waals surface area (Å²) in [4.78, 5) is 19.2. The number of carbonyl (C=O) groups excluding carboxylic acids is 1. The van der Waals surface area contributed by atoms with Crippen LogP contribution in [0.4, 0.5) is 4.39 Å². The summed E-state index contributed by atoms with van der Waals surface area (Å²) in [5.74, 6) is -0.111. The molecule has 2 atom stereocenters. The Morgan fingerprint density at radius 1 is 1.25 bits per heavy atom. The Kier molecular flexibility index (Phi) is 5.66. The highest BCUT2D eigenvalue weighted by Crippen LogP contribution is 2.37. The Hall–Kier alpha value is -3.19. The molecule has 1 aromatic heterocycles. The molecular weight excluding hydrogens is 409 g/mol. The first-order valence-electron chi connectivity index (χ1n) is 11.0. The van der Waals surface area contributed by atoms with Crippen molar-refractivity contribution >= 4 is 5.91 Å². The highest BCUT2D eigenvalue weighted by Gasteiger charge is 2.45. The maximum absolute atomic E-state index is 14.0. The lowest BCUT2D eigenvalue weighted by Crippen LogP contribution is -2.50. The number of likely N-dealkylation sites (tertiary alicyclic amines) is 1. The first kappa shape index (κ1) is 20.7. The molecule has 2 fully saturated rings. The summed E-state index contributed by atoms with van der Waals surface area (Å²) in [6.45, 7) is 2.29. The molecule has 0 unspecified atom stereocenters. The van der Waals surface area contributed by atoms with Gasteiger partial charge < -0.3 is 18.9 Å². The number of halogens is 1. The van der Waals surface area contributed by atoms with Gasteiger partial charge in [0.05, 0.1) is 25.1 Å². The van der Waals surface area contributed by atoms with Crippen molar-refractivity contribution in [1.82, 2.24) is 14.5 Å². The number of hydrogen-bond donors (Lipinski definition) is 0. The number of rotatable bonds is 5. The molecule has 1 spiro atoms. The van der Waals surface area contributed by atoms with Gasteiger partial charge in [0.15, 0.2) is 11.6 Å². The van der Waals surface area contributed by atoms with Crippen LogP contribution in [0, 0.1) is 5.82 Å². The Bertz CT molecular complexity index is 1090. The highest BCUT2D eigenvalue weighted by molar-refractivity contribution is 5.94. The van der Waals surface area contributed by atoms with Gasteiger partial charge in [0.1, 0.15) is 6.10 Å². The monoisotopic (exact) mass is 435 g/mol. The summed E-state index contributed by atoms with van der Waals surface area (Å²) in [7, 11) is 0. The van der Waals surface area contributed by atoms with Crippen LogP contribution in [0.3, 0.4) is 0 Å². The molecule has 0 saturated carbocycles. The van der Waals surface area contributed by atoms with E-state index in [4.69, 9.17) is 9.47 Å². The second-order valence-electron chi connectivity index (χ2n) is 8.63. The SMILES string of the molecule is O=C(c1cccc(Cn2ccnc2)c1)N1CCC[C@]2(C[C@@H](Oc3ccccc3F)CO2)C1. The zero-order chi connectivity index (χ0) is 22.0. The summed E-state index contributed by atoms with van der Waals surface area (Å²) in [6, 6.07) is 14.2. The molecule has 7 heteroatoms. The van der Waals surface area contributed by atoms with Crippen LogP contribution >= 0.6 is 0 Å². The third-order valence-electron chi connectivity index (χ3n) is 6.23. The topological polar surface area (TPSA) is 56.6 Å². The lowest BCUT2D eigenvalue weighted by Gasteiger charge is -2.39. The number of piperidine rings is 1. The number of ether oxygens (including phenoxy) is 2. The van der Waals surface area contributed by atoms with Gasteiger partial charge in [0, 0.05) is 37.5 Å². The van der Waals surface area contributed by atoms with E-state index >= 15 is 0 Å². The van der Waals surface area contributed by atoms with Gasteiger partial charge in [-0.25, -0.2) is 9.37 Å². The first-order valence-corrected chi connectivity index (χ1v) is 11.0. The van der Waals surface area contributed by atoms with Crippen LogP contribution < -0.4 is 4.74 Å². The lowest BCUT2D eigenvalue weighted by atomic mass is 9.89. The van der Waals surface area contributed by atoms with Crippen LogP contribution in [-0.2, 0) is 11.3 Å². The van der Waals surface area contributed by atoms with E-state index in [1.165, 1.54) is 6.07 Å². The Morgan fingerprint density at radius 2 is 2.16 bits per heavy atom. The molecular formula is C25H26FN3O3. The van der Waals surface area contributed by atoms with Gasteiger partial charge in [-0.15, -0.1) is 0 Å². The van der Waals surface area contributed by atoms with E-state index in [1.807, 2.05) is 39.9 Å². The van der Waals surface area contributed by atoms with Gasteiger partial charge in [-0.2, -0.15) is 0 Å². The summed E-state index contributed by atoms with van der Waals surface area (Å²) < 4.78 is 28.0. The fourth-order valence-corrected chi connectivity index (χ4v) is 4.73.